The van der Waals surface area contributed by atoms with Gasteiger partial charge in [0.1, 0.15) is 6.10 Å². The number of aliphatic hydroxyl groups excluding tert-OH is 1. The quantitative estimate of drug-likeness (QED) is 0.520. The van der Waals surface area contributed by atoms with Gasteiger partial charge < -0.3 is 9.84 Å². The molecule has 1 heterocycles. The summed E-state index contributed by atoms with van der Waals surface area (Å²) in [5.41, 5.74) is 1.99. The second-order valence-corrected chi connectivity index (χ2v) is 5.14. The molecule has 1 aliphatic heterocycles. The van der Waals surface area contributed by atoms with Gasteiger partial charge in [0.2, 0.25) is 11.2 Å². The summed E-state index contributed by atoms with van der Waals surface area (Å²) in [5, 5.41) is 19.0. The maximum absolute atomic E-state index is 10.3. The minimum Gasteiger partial charge on any atom is -0.503 e. The van der Waals surface area contributed by atoms with Crippen LogP contribution in [0.2, 0.25) is 0 Å². The molecule has 0 bridgehead atoms. The highest BCUT2D eigenvalue weighted by atomic mass is 16.6. The van der Waals surface area contributed by atoms with Crippen LogP contribution in [0.4, 0.5) is 0 Å². The van der Waals surface area contributed by atoms with E-state index in [0.29, 0.717) is 0 Å². The Morgan fingerprint density at radius 3 is 2.48 bits per heavy atom. The lowest BCUT2D eigenvalue weighted by Crippen LogP contribution is -2.13. The molecule has 1 fully saturated rings. The smallest absolute Gasteiger partial charge is 0.390 e. The van der Waals surface area contributed by atoms with E-state index in [1.807, 2.05) is 61.5 Å². The highest BCUT2D eigenvalue weighted by molar-refractivity contribution is 5.43. The zero-order chi connectivity index (χ0) is 14.9. The first kappa shape index (κ1) is 13.3. The molecule has 4 heteroatoms. The van der Waals surface area contributed by atoms with E-state index < -0.39 is 5.60 Å². The highest BCUT2D eigenvalue weighted by Gasteiger charge is 2.63. The molecule has 0 amide bonds. The van der Waals surface area contributed by atoms with Crippen LogP contribution in [0, 0.1) is 12.3 Å². The van der Waals surface area contributed by atoms with Gasteiger partial charge in [-0.3, -0.25) is 0 Å². The molecular weight excluding hydrogens is 264 g/mol. The zero-order valence-corrected chi connectivity index (χ0v) is 11.6. The predicted molar refractivity (Wildman–Crippen MR) is 78.9 cm³/mol. The molecule has 1 aliphatic rings. The monoisotopic (exact) mass is 279 g/mol. The summed E-state index contributed by atoms with van der Waals surface area (Å²) < 4.78 is 5.84. The average molecular weight is 279 g/mol. The number of ether oxygens (including phenoxy) is 1. The maximum Gasteiger partial charge on any atom is 0.390 e. The molecule has 0 aliphatic carbocycles. The molecule has 2 unspecified atom stereocenters. The summed E-state index contributed by atoms with van der Waals surface area (Å²) in [6.45, 7) is 2.02. The van der Waals surface area contributed by atoms with E-state index in [-0.39, 0.29) is 11.9 Å². The topological polar surface area (TPSA) is 60.9 Å². The molecule has 0 spiro atoms. The third-order valence-electron chi connectivity index (χ3n) is 3.76. The van der Waals surface area contributed by atoms with Gasteiger partial charge in [-0.05, 0) is 18.1 Å². The molecule has 3 rings (SSSR count). The van der Waals surface area contributed by atoms with E-state index in [9.17, 15) is 5.11 Å². The van der Waals surface area contributed by atoms with Crippen LogP contribution in [0.25, 0.3) is 4.98 Å². The number of diazo groups is 1. The lowest BCUT2D eigenvalue weighted by Gasteiger charge is -2.10. The van der Waals surface area contributed by atoms with Crippen molar-refractivity contribution in [3.63, 3.8) is 0 Å². The number of epoxide rings is 1. The molecule has 1 N–H and O–H groups in total. The molecule has 2 atom stereocenters. The summed E-state index contributed by atoms with van der Waals surface area (Å²) in [6.07, 6.45) is 0.722. The van der Waals surface area contributed by atoms with E-state index in [1.165, 1.54) is 0 Å². The van der Waals surface area contributed by atoms with E-state index >= 15 is 0 Å². The number of aliphatic hydroxyl groups is 1. The van der Waals surface area contributed by atoms with Crippen molar-refractivity contribution in [2.75, 3.05) is 0 Å². The third-order valence-corrected chi connectivity index (χ3v) is 3.76. The lowest BCUT2D eigenvalue weighted by atomic mass is 9.90. The Bertz CT molecular complexity index is 717. The molecular formula is C17H15N2O2+. The van der Waals surface area contributed by atoms with Crippen LogP contribution in [0.15, 0.2) is 66.6 Å². The minimum atomic E-state index is -0.969. The molecule has 0 aromatic heterocycles. The summed E-state index contributed by atoms with van der Waals surface area (Å²) in [6, 6.07) is 17.4. The van der Waals surface area contributed by atoms with Crippen LogP contribution < -0.4 is 0 Å². The fourth-order valence-electron chi connectivity index (χ4n) is 2.59. The second-order valence-electron chi connectivity index (χ2n) is 5.14. The number of benzene rings is 2. The van der Waals surface area contributed by atoms with Gasteiger partial charge in [-0.15, -0.1) is 0 Å². The first-order valence-electron chi connectivity index (χ1n) is 6.72. The number of hydrogen-bond donors (Lipinski definition) is 1. The lowest BCUT2D eigenvalue weighted by molar-refractivity contribution is 0.247. The first-order chi connectivity index (χ1) is 10.2. The van der Waals surface area contributed by atoms with Crippen LogP contribution in [-0.2, 0) is 10.3 Å². The van der Waals surface area contributed by atoms with Crippen LogP contribution in [0.3, 0.4) is 0 Å². The minimum absolute atomic E-state index is 0.109. The van der Waals surface area contributed by atoms with Crippen molar-refractivity contribution >= 4 is 0 Å². The van der Waals surface area contributed by atoms with Crippen LogP contribution in [0.1, 0.15) is 22.8 Å². The molecule has 1 saturated heterocycles. The van der Waals surface area contributed by atoms with Crippen molar-refractivity contribution in [3.8, 4) is 0 Å². The Hall–Kier alpha value is -2.64. The van der Waals surface area contributed by atoms with E-state index in [4.69, 9.17) is 10.1 Å². The van der Waals surface area contributed by atoms with Crippen molar-refractivity contribution in [1.29, 1.82) is 5.39 Å². The Morgan fingerprint density at radius 1 is 1.19 bits per heavy atom. The van der Waals surface area contributed by atoms with Gasteiger partial charge in [0.05, 0.1) is 0 Å². The summed E-state index contributed by atoms with van der Waals surface area (Å²) >= 11 is 0. The normalized spacial score (nSPS) is 24.4. The molecule has 2 aromatic carbocycles. The van der Waals surface area contributed by atoms with Crippen molar-refractivity contribution in [2.24, 2.45) is 0 Å². The Balaban J connectivity index is 2.04. The van der Waals surface area contributed by atoms with Crippen LogP contribution in [-0.4, -0.2) is 5.11 Å². The van der Waals surface area contributed by atoms with Crippen molar-refractivity contribution in [2.45, 2.75) is 18.6 Å². The van der Waals surface area contributed by atoms with Gasteiger partial charge in [-0.1, -0.05) is 60.2 Å². The predicted octanol–water partition coefficient (Wildman–Crippen LogP) is 4.21. The Labute approximate surface area is 122 Å². The summed E-state index contributed by atoms with van der Waals surface area (Å²) in [5.74, 6) is -0.109. The number of rotatable bonds is 3. The molecule has 4 nitrogen and oxygen atoms in total. The van der Waals surface area contributed by atoms with E-state index in [2.05, 4.69) is 4.98 Å². The molecule has 21 heavy (non-hydrogen) atoms. The van der Waals surface area contributed by atoms with Gasteiger partial charge >= 0.3 is 6.20 Å². The molecule has 0 saturated carbocycles. The number of hydrogen-bond acceptors (Lipinski definition) is 3. The van der Waals surface area contributed by atoms with Gasteiger partial charge in [-0.25, -0.2) is 0 Å². The number of nitrogens with zero attached hydrogens (tertiary/aromatic N) is 2. The highest BCUT2D eigenvalue weighted by Crippen LogP contribution is 2.60. The van der Waals surface area contributed by atoms with Gasteiger partial charge in [0, 0.05) is 0 Å². The summed E-state index contributed by atoms with van der Waals surface area (Å²) in [7, 11) is 0. The van der Waals surface area contributed by atoms with Crippen molar-refractivity contribution < 1.29 is 9.84 Å². The SMILES string of the molecule is Cc1ccc(C2OC2(C(O)=C[N+]#N)c2ccccc2)cc1. The summed E-state index contributed by atoms with van der Waals surface area (Å²) in [4.78, 5) is 2.92. The zero-order valence-electron chi connectivity index (χ0n) is 11.6. The van der Waals surface area contributed by atoms with Crippen molar-refractivity contribution in [3.05, 3.63) is 88.2 Å². The molecule has 104 valence electrons. The van der Waals surface area contributed by atoms with E-state index in [1.54, 1.807) is 0 Å². The Kier molecular flexibility index (Phi) is 3.20. The molecule has 2 aromatic rings. The average Bonchev–Trinajstić information content (AvgIpc) is 3.26. The van der Waals surface area contributed by atoms with Gasteiger partial charge in [-0.2, -0.15) is 0 Å². The maximum atomic E-state index is 10.3. The van der Waals surface area contributed by atoms with Crippen LogP contribution >= 0.6 is 0 Å². The Morgan fingerprint density at radius 2 is 1.86 bits per heavy atom. The van der Waals surface area contributed by atoms with E-state index in [0.717, 1.165) is 22.9 Å². The second kappa shape index (κ2) is 5.04. The standard InChI is InChI=1S/C17H14N2O2/c1-12-7-9-13(10-8-12)16-17(21-16,15(20)11-19-18)14-5-3-2-4-6-14/h2-11,16H,1H3/p+1. The first-order valence-corrected chi connectivity index (χ1v) is 6.72. The molecule has 0 radical (unpaired) electrons. The van der Waals surface area contributed by atoms with Gasteiger partial charge in [0.25, 0.3) is 0 Å². The van der Waals surface area contributed by atoms with Crippen LogP contribution in [0.5, 0.6) is 0 Å². The largest absolute Gasteiger partial charge is 0.503 e. The van der Waals surface area contributed by atoms with Gasteiger partial charge in [0.15, 0.2) is 10.6 Å². The fourth-order valence-corrected chi connectivity index (χ4v) is 2.59. The van der Waals surface area contributed by atoms with Crippen molar-refractivity contribution in [1.82, 2.24) is 0 Å². The number of aryl methyl sites for hydroxylation is 1. The third kappa shape index (κ3) is 2.18. The fraction of sp³-hybridized carbons (Fsp3) is 0.176.